The second-order valence-corrected chi connectivity index (χ2v) is 5.77. The molecule has 1 aliphatic rings. The molecule has 1 atom stereocenters. The van der Waals surface area contributed by atoms with Crippen LogP contribution < -0.4 is 22.0 Å². The first kappa shape index (κ1) is 18.0. The van der Waals surface area contributed by atoms with E-state index in [0.717, 1.165) is 38.4 Å². The van der Waals surface area contributed by atoms with Crippen LogP contribution in [0.5, 0.6) is 5.88 Å². The molecule has 0 spiro atoms. The van der Waals surface area contributed by atoms with Crippen molar-refractivity contribution >= 4 is 11.6 Å². The van der Waals surface area contributed by atoms with E-state index in [1.807, 2.05) is 30.3 Å². The van der Waals surface area contributed by atoms with Crippen LogP contribution in [0.1, 0.15) is 11.7 Å². The maximum absolute atomic E-state index is 6.13. The number of nitrogens with zero attached hydrogens (tertiary/aromatic N) is 1. The normalized spacial score (nSPS) is 16.4. The molecule has 0 bridgehead atoms. The molecule has 0 aliphatic carbocycles. The zero-order valence-corrected chi connectivity index (χ0v) is 14.3. The average molecular weight is 355 g/mol. The third-order valence-corrected chi connectivity index (χ3v) is 4.01. The zero-order chi connectivity index (χ0) is 15.2. The van der Waals surface area contributed by atoms with Crippen LogP contribution in [0, 0.1) is 0 Å². The molecule has 1 aromatic heterocycles. The summed E-state index contributed by atoms with van der Waals surface area (Å²) in [4.78, 5) is 5.73. The highest BCUT2D eigenvalue weighted by atomic mass is 35.5. The number of hydrogen-bond acceptors (Lipinski definition) is 3. The Kier molecular flexibility index (Phi) is 7.12. The third kappa shape index (κ3) is 5.36. The number of benzene rings is 1. The Morgan fingerprint density at radius 1 is 1.09 bits per heavy atom. The van der Waals surface area contributed by atoms with Gasteiger partial charge in [0.05, 0.1) is 13.2 Å². The van der Waals surface area contributed by atoms with Gasteiger partial charge in [-0.1, -0.05) is 48.0 Å². The molecule has 6 heteroatoms. The Bertz CT molecular complexity index is 592. The van der Waals surface area contributed by atoms with Crippen molar-refractivity contribution in [3.63, 3.8) is 0 Å². The highest BCUT2D eigenvalue weighted by Gasteiger charge is 2.23. The van der Waals surface area contributed by atoms with Crippen molar-refractivity contribution in [3.05, 3.63) is 59.2 Å². The van der Waals surface area contributed by atoms with Crippen LogP contribution >= 0.6 is 11.6 Å². The lowest BCUT2D eigenvalue weighted by Gasteiger charge is -2.28. The Labute approximate surface area is 147 Å². The van der Waals surface area contributed by atoms with Gasteiger partial charge in [0.25, 0.3) is 0 Å². The molecule has 0 amide bonds. The second-order valence-electron chi connectivity index (χ2n) is 5.38. The number of pyridine rings is 1. The minimum absolute atomic E-state index is 0. The molecule has 4 nitrogen and oxygen atoms in total. The quantitative estimate of drug-likeness (QED) is 0.683. The van der Waals surface area contributed by atoms with Gasteiger partial charge >= 0.3 is 0 Å². The summed E-state index contributed by atoms with van der Waals surface area (Å²) in [7, 11) is 0. The van der Waals surface area contributed by atoms with E-state index in [-0.39, 0.29) is 18.5 Å². The van der Waals surface area contributed by atoms with Gasteiger partial charge < -0.3 is 26.8 Å². The van der Waals surface area contributed by atoms with E-state index in [1.165, 1.54) is 4.90 Å². The van der Waals surface area contributed by atoms with E-state index in [9.17, 15) is 0 Å². The molecule has 1 N–H and O–H groups in total. The highest BCUT2D eigenvalue weighted by Crippen LogP contribution is 2.20. The van der Waals surface area contributed by atoms with Crippen LogP contribution in [0.3, 0.4) is 0 Å². The molecule has 1 fully saturated rings. The zero-order valence-electron chi connectivity index (χ0n) is 12.8. The van der Waals surface area contributed by atoms with Crippen LogP contribution in [-0.2, 0) is 4.74 Å². The predicted octanol–water partition coefficient (Wildman–Crippen LogP) is -1.23. The molecule has 1 unspecified atom stereocenters. The van der Waals surface area contributed by atoms with Crippen LogP contribution in [0.25, 0.3) is 0 Å². The molecule has 2 heterocycles. The van der Waals surface area contributed by atoms with E-state index in [4.69, 9.17) is 21.1 Å². The van der Waals surface area contributed by atoms with Gasteiger partial charge in [-0.05, 0) is 11.6 Å². The lowest BCUT2D eigenvalue weighted by molar-refractivity contribution is -0.911. The molecule has 1 saturated heterocycles. The first-order chi connectivity index (χ1) is 10.8. The van der Waals surface area contributed by atoms with Gasteiger partial charge in [-0.3, -0.25) is 0 Å². The van der Waals surface area contributed by atoms with Gasteiger partial charge in [0, 0.05) is 6.07 Å². The predicted molar refractivity (Wildman–Crippen MR) is 85.4 cm³/mol. The molecule has 3 rings (SSSR count). The van der Waals surface area contributed by atoms with Crippen molar-refractivity contribution in [2.24, 2.45) is 0 Å². The number of halogens is 2. The summed E-state index contributed by atoms with van der Waals surface area (Å²) in [5.74, 6) is 0.564. The van der Waals surface area contributed by atoms with Crippen molar-refractivity contribution in [1.82, 2.24) is 4.98 Å². The Balaban J connectivity index is 0.00000192. The number of quaternary nitrogens is 1. The Morgan fingerprint density at radius 2 is 1.83 bits per heavy atom. The van der Waals surface area contributed by atoms with Crippen LogP contribution in [0.2, 0.25) is 5.15 Å². The topological polar surface area (TPSA) is 35.8 Å². The Morgan fingerprint density at radius 3 is 2.52 bits per heavy atom. The first-order valence-electron chi connectivity index (χ1n) is 7.57. The molecule has 0 saturated carbocycles. The molecule has 124 valence electrons. The lowest BCUT2D eigenvalue weighted by Crippen LogP contribution is -3.14. The molecule has 0 radical (unpaired) electrons. The minimum Gasteiger partial charge on any atom is -1.00 e. The van der Waals surface area contributed by atoms with E-state index in [1.54, 1.807) is 6.07 Å². The van der Waals surface area contributed by atoms with Crippen molar-refractivity contribution in [1.29, 1.82) is 0 Å². The number of aromatic nitrogens is 1. The van der Waals surface area contributed by atoms with Crippen molar-refractivity contribution < 1.29 is 26.8 Å². The second kappa shape index (κ2) is 9.08. The smallest absolute Gasteiger partial charge is 0.215 e. The molecular formula is C17H20Cl2N2O2. The summed E-state index contributed by atoms with van der Waals surface area (Å²) < 4.78 is 11.6. The van der Waals surface area contributed by atoms with E-state index in [2.05, 4.69) is 17.1 Å². The molecule has 23 heavy (non-hydrogen) atoms. The molecule has 2 aromatic rings. The Hall–Kier alpha value is -1.33. The summed E-state index contributed by atoms with van der Waals surface area (Å²) in [5, 5.41) is 0.447. The number of hydrogen-bond donors (Lipinski definition) is 1. The standard InChI is InChI=1S/C17H19ClN2O2.ClH/c18-16-7-4-8-17(19-16)22-15(14-5-2-1-3-6-14)13-20-9-11-21-12-10-20;/h1-8,15H,9-13H2;1H. The first-order valence-corrected chi connectivity index (χ1v) is 7.94. The summed E-state index contributed by atoms with van der Waals surface area (Å²) in [6.45, 7) is 4.53. The van der Waals surface area contributed by atoms with Gasteiger partial charge in [-0.2, -0.15) is 0 Å². The number of morpholine rings is 1. The third-order valence-electron chi connectivity index (χ3n) is 3.80. The molecular weight excluding hydrogens is 335 g/mol. The maximum atomic E-state index is 6.13. The summed E-state index contributed by atoms with van der Waals surface area (Å²) in [6, 6.07) is 15.7. The number of rotatable bonds is 5. The fourth-order valence-corrected chi connectivity index (χ4v) is 2.78. The fourth-order valence-electron chi connectivity index (χ4n) is 2.62. The summed E-state index contributed by atoms with van der Waals surface area (Å²) >= 11 is 5.95. The van der Waals surface area contributed by atoms with E-state index < -0.39 is 0 Å². The highest BCUT2D eigenvalue weighted by molar-refractivity contribution is 6.29. The van der Waals surface area contributed by atoms with E-state index >= 15 is 0 Å². The fraction of sp³-hybridized carbons (Fsp3) is 0.353. The van der Waals surface area contributed by atoms with Gasteiger partial charge in [0.1, 0.15) is 24.8 Å². The largest absolute Gasteiger partial charge is 1.00 e. The number of ether oxygens (including phenoxy) is 2. The van der Waals surface area contributed by atoms with Crippen LogP contribution in [-0.4, -0.2) is 37.8 Å². The van der Waals surface area contributed by atoms with Gasteiger partial charge in [-0.25, -0.2) is 4.98 Å². The molecule has 1 aliphatic heterocycles. The summed E-state index contributed by atoms with van der Waals surface area (Å²) in [6.07, 6.45) is -0.0414. The number of nitrogens with one attached hydrogen (secondary N) is 1. The SMILES string of the molecule is Clc1cccc(OC(C[NH+]2CCOCC2)c2ccccc2)n1.[Cl-]. The van der Waals surface area contributed by atoms with Gasteiger partial charge in [-0.15, -0.1) is 0 Å². The monoisotopic (exact) mass is 354 g/mol. The van der Waals surface area contributed by atoms with Crippen molar-refractivity contribution in [2.75, 3.05) is 32.8 Å². The average Bonchev–Trinajstić information content (AvgIpc) is 2.56. The van der Waals surface area contributed by atoms with Crippen molar-refractivity contribution in [2.45, 2.75) is 6.10 Å². The van der Waals surface area contributed by atoms with E-state index in [0.29, 0.717) is 11.0 Å². The maximum Gasteiger partial charge on any atom is 0.215 e. The minimum atomic E-state index is -0.0414. The van der Waals surface area contributed by atoms with Gasteiger partial charge in [0.2, 0.25) is 5.88 Å². The van der Waals surface area contributed by atoms with Gasteiger partial charge in [0.15, 0.2) is 6.10 Å². The van der Waals surface area contributed by atoms with Crippen molar-refractivity contribution in [3.8, 4) is 5.88 Å². The summed E-state index contributed by atoms with van der Waals surface area (Å²) in [5.41, 5.74) is 1.16. The molecule has 1 aromatic carbocycles. The lowest BCUT2D eigenvalue weighted by atomic mass is 10.1. The van der Waals surface area contributed by atoms with Crippen LogP contribution in [0.4, 0.5) is 0 Å². The van der Waals surface area contributed by atoms with Crippen LogP contribution in [0.15, 0.2) is 48.5 Å².